The van der Waals surface area contributed by atoms with Crippen molar-refractivity contribution in [1.82, 2.24) is 0 Å². The molecule has 0 rings (SSSR count). The molecule has 0 aromatic rings. The number of hydrogen-bond donors (Lipinski definition) is 2. The molecular formula is C14H29O2. The highest BCUT2D eigenvalue weighted by Gasteiger charge is 2.28. The van der Waals surface area contributed by atoms with Crippen molar-refractivity contribution in [3.8, 4) is 0 Å². The van der Waals surface area contributed by atoms with E-state index in [4.69, 9.17) is 0 Å². The quantitative estimate of drug-likeness (QED) is 0.704. The fourth-order valence-corrected chi connectivity index (χ4v) is 2.31. The first-order valence-electron chi connectivity index (χ1n) is 6.33. The molecule has 0 saturated heterocycles. The zero-order chi connectivity index (χ0) is 13.0. The third-order valence-electron chi connectivity index (χ3n) is 2.65. The van der Waals surface area contributed by atoms with Gasteiger partial charge in [0.05, 0.1) is 11.2 Å². The maximum absolute atomic E-state index is 10.1. The second-order valence-electron chi connectivity index (χ2n) is 6.46. The van der Waals surface area contributed by atoms with E-state index in [1.807, 2.05) is 20.3 Å². The molecular weight excluding hydrogens is 200 g/mol. The van der Waals surface area contributed by atoms with Crippen LogP contribution in [0.15, 0.2) is 0 Å². The zero-order valence-electron chi connectivity index (χ0n) is 11.7. The second kappa shape index (κ2) is 6.02. The summed E-state index contributed by atoms with van der Waals surface area (Å²) >= 11 is 0. The summed E-state index contributed by atoms with van der Waals surface area (Å²) in [6.45, 7) is 12.0. The Morgan fingerprint density at radius 1 is 0.938 bits per heavy atom. The molecule has 2 nitrogen and oxygen atoms in total. The minimum atomic E-state index is -0.769. The van der Waals surface area contributed by atoms with E-state index in [0.29, 0.717) is 18.3 Å². The van der Waals surface area contributed by atoms with Crippen molar-refractivity contribution >= 4 is 0 Å². The van der Waals surface area contributed by atoms with Crippen molar-refractivity contribution in [3.63, 3.8) is 0 Å². The molecule has 2 N–H and O–H groups in total. The van der Waals surface area contributed by atoms with Gasteiger partial charge in [0.25, 0.3) is 0 Å². The van der Waals surface area contributed by atoms with Crippen LogP contribution in [0.4, 0.5) is 0 Å². The molecule has 2 heteroatoms. The first kappa shape index (κ1) is 15.9. The van der Waals surface area contributed by atoms with E-state index in [0.717, 1.165) is 12.8 Å². The van der Waals surface area contributed by atoms with Crippen molar-refractivity contribution in [1.29, 1.82) is 0 Å². The molecule has 0 heterocycles. The largest absolute Gasteiger partial charge is 0.390 e. The van der Waals surface area contributed by atoms with Crippen LogP contribution in [-0.4, -0.2) is 21.4 Å². The maximum atomic E-state index is 10.1. The summed E-state index contributed by atoms with van der Waals surface area (Å²) in [6, 6.07) is 0. The maximum Gasteiger partial charge on any atom is 0.0655 e. The van der Waals surface area contributed by atoms with Gasteiger partial charge in [0.15, 0.2) is 0 Å². The standard InChI is InChI=1S/C14H29O2/c1-11(2)9-13(5,15)7-8-14(6,16)10-12(3)4/h7,11-12,15-16H,8-10H2,1-6H3. The summed E-state index contributed by atoms with van der Waals surface area (Å²) in [5.41, 5.74) is -1.47. The Balaban J connectivity index is 4.11. The van der Waals surface area contributed by atoms with Gasteiger partial charge in [-0.25, -0.2) is 0 Å². The van der Waals surface area contributed by atoms with Crippen LogP contribution in [0, 0.1) is 18.3 Å². The van der Waals surface area contributed by atoms with E-state index in [2.05, 4.69) is 27.7 Å². The smallest absolute Gasteiger partial charge is 0.0655 e. The Morgan fingerprint density at radius 2 is 1.38 bits per heavy atom. The first-order chi connectivity index (χ1) is 7.04. The zero-order valence-corrected chi connectivity index (χ0v) is 11.7. The highest BCUT2D eigenvalue weighted by molar-refractivity contribution is 4.94. The number of rotatable bonds is 7. The lowest BCUT2D eigenvalue weighted by Crippen LogP contribution is -2.33. The molecule has 2 atom stereocenters. The van der Waals surface area contributed by atoms with Crippen LogP contribution < -0.4 is 0 Å². The van der Waals surface area contributed by atoms with Gasteiger partial charge in [-0.2, -0.15) is 0 Å². The number of aliphatic hydroxyl groups is 2. The SMILES string of the molecule is CC(C)CC(C)(O)[CH]CC(C)(O)CC(C)C. The van der Waals surface area contributed by atoms with Gasteiger partial charge < -0.3 is 10.2 Å². The Morgan fingerprint density at radius 3 is 1.75 bits per heavy atom. The average molecular weight is 229 g/mol. The van der Waals surface area contributed by atoms with Gasteiger partial charge in [0, 0.05) is 0 Å². The molecule has 2 unspecified atom stereocenters. The third-order valence-corrected chi connectivity index (χ3v) is 2.65. The van der Waals surface area contributed by atoms with Gasteiger partial charge in [0.2, 0.25) is 0 Å². The fraction of sp³-hybridized carbons (Fsp3) is 0.929. The van der Waals surface area contributed by atoms with Crippen molar-refractivity contribution in [2.24, 2.45) is 11.8 Å². The third kappa shape index (κ3) is 8.12. The van der Waals surface area contributed by atoms with Crippen LogP contribution in [0.1, 0.15) is 60.8 Å². The lowest BCUT2D eigenvalue weighted by Gasteiger charge is -2.31. The Hall–Kier alpha value is -0.0800. The Labute approximate surface area is 101 Å². The molecule has 97 valence electrons. The van der Waals surface area contributed by atoms with Gasteiger partial charge in [-0.3, -0.25) is 0 Å². The van der Waals surface area contributed by atoms with E-state index < -0.39 is 11.2 Å². The highest BCUT2D eigenvalue weighted by atomic mass is 16.3. The summed E-state index contributed by atoms with van der Waals surface area (Å²) < 4.78 is 0. The average Bonchev–Trinajstić information content (AvgIpc) is 1.96. The Bertz CT molecular complexity index is 171. The van der Waals surface area contributed by atoms with Crippen LogP contribution in [0.5, 0.6) is 0 Å². The van der Waals surface area contributed by atoms with Gasteiger partial charge in [-0.05, 0) is 51.4 Å². The van der Waals surface area contributed by atoms with Crippen LogP contribution in [0.3, 0.4) is 0 Å². The van der Waals surface area contributed by atoms with E-state index >= 15 is 0 Å². The molecule has 0 aliphatic heterocycles. The molecule has 0 aromatic heterocycles. The fourth-order valence-electron chi connectivity index (χ4n) is 2.31. The van der Waals surface area contributed by atoms with Crippen molar-refractivity contribution in [2.45, 2.75) is 72.0 Å². The van der Waals surface area contributed by atoms with Crippen molar-refractivity contribution < 1.29 is 10.2 Å². The summed E-state index contributed by atoms with van der Waals surface area (Å²) in [6.07, 6.45) is 3.91. The Kier molecular flexibility index (Phi) is 5.99. The second-order valence-corrected chi connectivity index (χ2v) is 6.46. The molecule has 1 radical (unpaired) electrons. The first-order valence-corrected chi connectivity index (χ1v) is 6.33. The molecule has 0 fully saturated rings. The van der Waals surface area contributed by atoms with E-state index in [1.165, 1.54) is 0 Å². The minimum absolute atomic E-state index is 0.460. The monoisotopic (exact) mass is 229 g/mol. The van der Waals surface area contributed by atoms with Crippen molar-refractivity contribution in [3.05, 3.63) is 6.42 Å². The number of hydrogen-bond acceptors (Lipinski definition) is 2. The van der Waals surface area contributed by atoms with E-state index in [-0.39, 0.29) is 0 Å². The molecule has 0 aliphatic carbocycles. The lowest BCUT2D eigenvalue weighted by molar-refractivity contribution is 0.0113. The van der Waals surface area contributed by atoms with E-state index in [1.54, 1.807) is 0 Å². The topological polar surface area (TPSA) is 40.5 Å². The summed E-state index contributed by atoms with van der Waals surface area (Å²) in [5.74, 6) is 0.930. The van der Waals surface area contributed by atoms with E-state index in [9.17, 15) is 10.2 Å². The molecule has 0 amide bonds. The van der Waals surface area contributed by atoms with Crippen LogP contribution in [0.25, 0.3) is 0 Å². The van der Waals surface area contributed by atoms with Gasteiger partial charge in [-0.1, -0.05) is 27.7 Å². The predicted molar refractivity (Wildman–Crippen MR) is 69.1 cm³/mol. The minimum Gasteiger partial charge on any atom is -0.390 e. The molecule has 16 heavy (non-hydrogen) atoms. The highest BCUT2D eigenvalue weighted by Crippen LogP contribution is 2.27. The molecule has 0 aromatic carbocycles. The summed E-state index contributed by atoms with van der Waals surface area (Å²) in [5, 5.41) is 20.3. The summed E-state index contributed by atoms with van der Waals surface area (Å²) in [7, 11) is 0. The van der Waals surface area contributed by atoms with Crippen LogP contribution in [-0.2, 0) is 0 Å². The predicted octanol–water partition coefficient (Wildman–Crippen LogP) is 3.17. The van der Waals surface area contributed by atoms with Gasteiger partial charge >= 0.3 is 0 Å². The van der Waals surface area contributed by atoms with Crippen molar-refractivity contribution in [2.75, 3.05) is 0 Å². The van der Waals surface area contributed by atoms with Gasteiger partial charge in [0.1, 0.15) is 0 Å². The van der Waals surface area contributed by atoms with Gasteiger partial charge in [-0.15, -0.1) is 0 Å². The molecule has 0 saturated carbocycles. The van der Waals surface area contributed by atoms with Crippen LogP contribution >= 0.6 is 0 Å². The van der Waals surface area contributed by atoms with Crippen LogP contribution in [0.2, 0.25) is 0 Å². The molecule has 0 bridgehead atoms. The lowest BCUT2D eigenvalue weighted by atomic mass is 9.83. The summed E-state index contributed by atoms with van der Waals surface area (Å²) in [4.78, 5) is 0. The molecule has 0 spiro atoms. The molecule has 0 aliphatic rings. The normalized spacial score (nSPS) is 19.9.